The Balaban J connectivity index is 1.66. The molecular weight excluding hydrogens is 308 g/mol. The van der Waals surface area contributed by atoms with Crippen molar-refractivity contribution in [1.82, 2.24) is 20.8 Å². The fourth-order valence-corrected chi connectivity index (χ4v) is 2.67. The van der Waals surface area contributed by atoms with E-state index in [0.717, 1.165) is 11.1 Å². The van der Waals surface area contributed by atoms with E-state index in [1.807, 2.05) is 31.3 Å². The van der Waals surface area contributed by atoms with Gasteiger partial charge in [-0.05, 0) is 38.1 Å². The number of hydrogen-bond acceptors (Lipinski definition) is 6. The summed E-state index contributed by atoms with van der Waals surface area (Å²) in [5, 5.41) is 9.45. The molecule has 3 rings (SSSR count). The molecule has 2 heterocycles. The molecule has 0 saturated carbocycles. The smallest absolute Gasteiger partial charge is 0.257 e. The van der Waals surface area contributed by atoms with Crippen LogP contribution in [0.15, 0.2) is 28.8 Å². The molecule has 1 aliphatic rings. The second-order valence-corrected chi connectivity index (χ2v) is 6.12. The van der Waals surface area contributed by atoms with Crippen LogP contribution in [0, 0.1) is 5.92 Å². The van der Waals surface area contributed by atoms with Crippen molar-refractivity contribution in [3.8, 4) is 11.5 Å². The van der Waals surface area contributed by atoms with Crippen molar-refractivity contribution in [3.05, 3.63) is 35.7 Å². The van der Waals surface area contributed by atoms with Crippen LogP contribution in [0.25, 0.3) is 11.5 Å². The van der Waals surface area contributed by atoms with Crippen LogP contribution in [0.3, 0.4) is 0 Å². The second kappa shape index (κ2) is 6.92. The number of hydrogen-bond donors (Lipinski definition) is 2. The van der Waals surface area contributed by atoms with Crippen LogP contribution in [-0.4, -0.2) is 35.0 Å². The average Bonchev–Trinajstić information content (AvgIpc) is 3.15. The van der Waals surface area contributed by atoms with Crippen molar-refractivity contribution >= 4 is 11.8 Å². The molecule has 0 spiro atoms. The summed E-state index contributed by atoms with van der Waals surface area (Å²) >= 11 is 0. The number of amides is 2. The maximum atomic E-state index is 11.6. The average molecular weight is 328 g/mol. The lowest BCUT2D eigenvalue weighted by Gasteiger charge is -2.06. The van der Waals surface area contributed by atoms with Crippen molar-refractivity contribution in [1.29, 1.82) is 0 Å². The number of nitrogens with zero attached hydrogens (tertiary/aromatic N) is 2. The fourth-order valence-electron chi connectivity index (χ4n) is 2.67. The molecule has 2 N–H and O–H groups in total. The summed E-state index contributed by atoms with van der Waals surface area (Å²) < 4.78 is 5.30. The van der Waals surface area contributed by atoms with E-state index < -0.39 is 0 Å². The molecule has 0 aliphatic carbocycles. The number of benzene rings is 1. The standard InChI is InChI=1S/C17H20N4O3/c1-10(18-2)7-14-19-17(24-21-14)12-5-3-11(4-6-12)8-13-9-15(22)20-16(13)23/h3-6,10,13,18H,7-9H2,1-2H3,(H,20,22,23). The quantitative estimate of drug-likeness (QED) is 0.771. The zero-order valence-corrected chi connectivity index (χ0v) is 13.7. The third-order valence-corrected chi connectivity index (χ3v) is 4.20. The van der Waals surface area contributed by atoms with Crippen molar-refractivity contribution in [2.45, 2.75) is 32.2 Å². The third kappa shape index (κ3) is 3.68. The van der Waals surface area contributed by atoms with Gasteiger partial charge in [0.05, 0.1) is 5.92 Å². The zero-order valence-electron chi connectivity index (χ0n) is 13.7. The Labute approximate surface area is 139 Å². The second-order valence-electron chi connectivity index (χ2n) is 6.12. The molecule has 1 fully saturated rings. The van der Waals surface area contributed by atoms with E-state index >= 15 is 0 Å². The molecule has 7 nitrogen and oxygen atoms in total. The molecule has 1 aliphatic heterocycles. The molecule has 24 heavy (non-hydrogen) atoms. The molecule has 1 aromatic heterocycles. The zero-order chi connectivity index (χ0) is 17.1. The summed E-state index contributed by atoms with van der Waals surface area (Å²) in [7, 11) is 1.89. The highest BCUT2D eigenvalue weighted by molar-refractivity contribution is 6.03. The molecule has 2 unspecified atom stereocenters. The molecule has 2 amide bonds. The first-order valence-corrected chi connectivity index (χ1v) is 7.98. The van der Waals surface area contributed by atoms with Gasteiger partial charge in [0.1, 0.15) is 0 Å². The Morgan fingerprint density at radius 3 is 2.71 bits per heavy atom. The first kappa shape index (κ1) is 16.3. The Bertz CT molecular complexity index is 739. The first-order valence-electron chi connectivity index (χ1n) is 7.98. The molecule has 126 valence electrons. The molecule has 0 radical (unpaired) electrons. The number of carbonyl (C=O) groups is 2. The number of carbonyl (C=O) groups excluding carboxylic acids is 2. The number of aromatic nitrogens is 2. The Morgan fingerprint density at radius 1 is 1.33 bits per heavy atom. The monoisotopic (exact) mass is 328 g/mol. The molecule has 0 bridgehead atoms. The minimum absolute atomic E-state index is 0.190. The summed E-state index contributed by atoms with van der Waals surface area (Å²) in [4.78, 5) is 27.2. The van der Waals surface area contributed by atoms with E-state index in [9.17, 15) is 9.59 Å². The SMILES string of the molecule is CNC(C)Cc1noc(-c2ccc(CC3CC(=O)NC3=O)cc2)n1. The first-order chi connectivity index (χ1) is 11.5. The van der Waals surface area contributed by atoms with Gasteiger partial charge >= 0.3 is 0 Å². The molecule has 1 aromatic carbocycles. The lowest BCUT2D eigenvalue weighted by Crippen LogP contribution is -2.24. The number of likely N-dealkylation sites (N-methyl/N-ethyl adjacent to an activating group) is 1. The van der Waals surface area contributed by atoms with Crippen LogP contribution >= 0.6 is 0 Å². The third-order valence-electron chi connectivity index (χ3n) is 4.20. The van der Waals surface area contributed by atoms with E-state index in [4.69, 9.17) is 4.52 Å². The molecule has 1 saturated heterocycles. The summed E-state index contributed by atoms with van der Waals surface area (Å²) in [5.74, 6) is 0.479. The van der Waals surface area contributed by atoms with Crippen LogP contribution < -0.4 is 10.6 Å². The molecule has 7 heteroatoms. The summed E-state index contributed by atoms with van der Waals surface area (Å²) in [5.41, 5.74) is 1.83. The van der Waals surface area contributed by atoms with Gasteiger partial charge in [-0.3, -0.25) is 14.9 Å². The van der Waals surface area contributed by atoms with Crippen LogP contribution in [0.4, 0.5) is 0 Å². The Hall–Kier alpha value is -2.54. The maximum Gasteiger partial charge on any atom is 0.257 e. The number of imide groups is 1. The molecular formula is C17H20N4O3. The summed E-state index contributed by atoms with van der Waals surface area (Å²) in [6, 6.07) is 7.90. The lowest BCUT2D eigenvalue weighted by atomic mass is 9.97. The lowest BCUT2D eigenvalue weighted by molar-refractivity contribution is -0.125. The van der Waals surface area contributed by atoms with Crippen LogP contribution in [-0.2, 0) is 22.4 Å². The van der Waals surface area contributed by atoms with Crippen LogP contribution in [0.2, 0.25) is 0 Å². The van der Waals surface area contributed by atoms with Crippen molar-refractivity contribution in [2.24, 2.45) is 5.92 Å². The van der Waals surface area contributed by atoms with Gasteiger partial charge in [0, 0.05) is 24.4 Å². The Kier molecular flexibility index (Phi) is 4.71. The highest BCUT2D eigenvalue weighted by Crippen LogP contribution is 2.21. The van der Waals surface area contributed by atoms with E-state index in [1.54, 1.807) is 0 Å². The highest BCUT2D eigenvalue weighted by Gasteiger charge is 2.30. The van der Waals surface area contributed by atoms with Gasteiger partial charge in [-0.2, -0.15) is 4.98 Å². The van der Waals surface area contributed by atoms with Crippen molar-refractivity contribution < 1.29 is 14.1 Å². The van der Waals surface area contributed by atoms with Gasteiger partial charge in [0.15, 0.2) is 5.82 Å². The van der Waals surface area contributed by atoms with Gasteiger partial charge in [0.25, 0.3) is 5.89 Å². The summed E-state index contributed by atoms with van der Waals surface area (Å²) in [6.45, 7) is 2.05. The number of rotatable bonds is 6. The van der Waals surface area contributed by atoms with Gasteiger partial charge in [-0.25, -0.2) is 0 Å². The summed E-state index contributed by atoms with van der Waals surface area (Å²) in [6.07, 6.45) is 1.51. The van der Waals surface area contributed by atoms with Gasteiger partial charge in [-0.1, -0.05) is 17.3 Å². The van der Waals surface area contributed by atoms with E-state index in [-0.39, 0.29) is 30.2 Å². The van der Waals surface area contributed by atoms with Crippen LogP contribution in [0.5, 0.6) is 0 Å². The van der Waals surface area contributed by atoms with Crippen molar-refractivity contribution in [2.75, 3.05) is 7.05 Å². The Morgan fingerprint density at radius 2 is 2.08 bits per heavy atom. The topological polar surface area (TPSA) is 97.1 Å². The normalized spacial score (nSPS) is 18.7. The van der Waals surface area contributed by atoms with E-state index in [2.05, 4.69) is 27.7 Å². The maximum absolute atomic E-state index is 11.6. The molecule has 2 aromatic rings. The predicted molar refractivity (Wildman–Crippen MR) is 86.9 cm³/mol. The van der Waals surface area contributed by atoms with Gasteiger partial charge in [-0.15, -0.1) is 0 Å². The van der Waals surface area contributed by atoms with Crippen LogP contribution in [0.1, 0.15) is 24.7 Å². The number of nitrogens with one attached hydrogen (secondary N) is 2. The highest BCUT2D eigenvalue weighted by atomic mass is 16.5. The predicted octanol–water partition coefficient (Wildman–Crippen LogP) is 1.09. The minimum Gasteiger partial charge on any atom is -0.334 e. The van der Waals surface area contributed by atoms with Crippen molar-refractivity contribution in [3.63, 3.8) is 0 Å². The van der Waals surface area contributed by atoms with E-state index in [1.165, 1.54) is 0 Å². The largest absolute Gasteiger partial charge is 0.334 e. The van der Waals surface area contributed by atoms with Gasteiger partial charge < -0.3 is 9.84 Å². The molecule has 2 atom stereocenters. The van der Waals surface area contributed by atoms with Gasteiger partial charge in [0.2, 0.25) is 11.8 Å². The fraction of sp³-hybridized carbons (Fsp3) is 0.412. The van der Waals surface area contributed by atoms with E-state index in [0.29, 0.717) is 24.6 Å². The minimum atomic E-state index is -0.276.